The number of hydrogen-bond donors (Lipinski definition) is 3. The Hall–Kier alpha value is -2.88. The Labute approximate surface area is 208 Å². The van der Waals surface area contributed by atoms with Crippen LogP contribution in [0.3, 0.4) is 0 Å². The molecule has 3 aromatic rings. The monoisotopic (exact) mass is 493 g/mol. The Morgan fingerprint density at radius 3 is 3.00 bits per heavy atom. The number of benzene rings is 1. The number of hydrogen-bond acceptors (Lipinski definition) is 8. The lowest BCUT2D eigenvalue weighted by atomic mass is 9.89. The van der Waals surface area contributed by atoms with Crippen molar-refractivity contribution in [1.82, 2.24) is 10.3 Å². The fraction of sp³-hybridized carbons (Fsp3) is 0.462. The zero-order chi connectivity index (χ0) is 24.2. The zero-order valence-corrected chi connectivity index (χ0v) is 20.7. The molecule has 2 fully saturated rings. The molecule has 0 radical (unpaired) electrons. The number of aromatic nitrogens is 1. The molecule has 184 valence electrons. The van der Waals surface area contributed by atoms with Gasteiger partial charge in [0, 0.05) is 42.5 Å². The van der Waals surface area contributed by atoms with Crippen LogP contribution in [0.1, 0.15) is 40.2 Å². The van der Waals surface area contributed by atoms with Crippen molar-refractivity contribution in [2.45, 2.75) is 50.3 Å². The van der Waals surface area contributed by atoms with Gasteiger partial charge in [-0.15, -0.1) is 11.3 Å². The molecule has 9 heteroatoms. The van der Waals surface area contributed by atoms with Gasteiger partial charge in [0.1, 0.15) is 27.7 Å². The van der Waals surface area contributed by atoms with Crippen LogP contribution in [-0.2, 0) is 11.2 Å². The number of nitrogen functional groups attached to an aromatic ring is 1. The van der Waals surface area contributed by atoms with E-state index in [4.69, 9.17) is 20.9 Å². The van der Waals surface area contributed by atoms with Crippen LogP contribution in [0.5, 0.6) is 5.75 Å². The van der Waals surface area contributed by atoms with Crippen LogP contribution in [0, 0.1) is 6.92 Å². The molecule has 3 aliphatic heterocycles. The van der Waals surface area contributed by atoms with Crippen LogP contribution in [0.25, 0.3) is 10.2 Å². The van der Waals surface area contributed by atoms with Crippen LogP contribution >= 0.6 is 11.3 Å². The van der Waals surface area contributed by atoms with Crippen LogP contribution in [0.4, 0.5) is 11.4 Å². The first kappa shape index (κ1) is 22.6. The van der Waals surface area contributed by atoms with Crippen molar-refractivity contribution in [3.8, 4) is 5.75 Å². The van der Waals surface area contributed by atoms with Crippen LogP contribution in [-0.4, -0.2) is 54.9 Å². The topological polar surface area (TPSA) is 116 Å². The molecule has 0 aliphatic carbocycles. The van der Waals surface area contributed by atoms with E-state index in [2.05, 4.69) is 33.4 Å². The van der Waals surface area contributed by atoms with E-state index in [0.717, 1.165) is 65.4 Å². The van der Waals surface area contributed by atoms with Gasteiger partial charge in [-0.3, -0.25) is 4.79 Å². The number of nitrogens with zero attached hydrogens (tertiary/aromatic N) is 2. The molecule has 5 heterocycles. The summed E-state index contributed by atoms with van der Waals surface area (Å²) >= 11 is 1.33. The van der Waals surface area contributed by atoms with Gasteiger partial charge in [0.05, 0.1) is 17.8 Å². The summed E-state index contributed by atoms with van der Waals surface area (Å²) in [6, 6.07) is 10.0. The first-order chi connectivity index (χ1) is 16.9. The maximum absolute atomic E-state index is 13.0. The molecule has 3 atom stereocenters. The first-order valence-electron chi connectivity index (χ1n) is 12.3. The minimum atomic E-state index is -0.229. The van der Waals surface area contributed by atoms with E-state index in [1.165, 1.54) is 17.8 Å². The lowest BCUT2D eigenvalue weighted by molar-refractivity contribution is -0.0717. The number of ether oxygens (including phenoxy) is 2. The molecule has 5 N–H and O–H groups in total. The lowest BCUT2D eigenvalue weighted by Crippen LogP contribution is -2.51. The van der Waals surface area contributed by atoms with Gasteiger partial charge in [0.15, 0.2) is 0 Å². The molecule has 1 aromatic carbocycles. The number of aryl methyl sites for hydroxylation is 1. The smallest absolute Gasteiger partial charge is 0.263 e. The van der Waals surface area contributed by atoms with E-state index in [0.29, 0.717) is 23.6 Å². The number of nitrogens with one attached hydrogen (secondary N) is 1. The predicted octanol–water partition coefficient (Wildman–Crippen LogP) is 3.01. The third-order valence-electron chi connectivity index (χ3n) is 7.53. The van der Waals surface area contributed by atoms with E-state index in [1.807, 2.05) is 19.1 Å². The van der Waals surface area contributed by atoms with Crippen molar-refractivity contribution in [3.05, 3.63) is 46.5 Å². The average molecular weight is 494 g/mol. The fourth-order valence-corrected chi connectivity index (χ4v) is 6.60. The SMILES string of the molecule is Cc1ccc2c(N)c(C(=O)N[C@H]3COc4cc(N5C[C@@H](N)[C@]6(CCCCO6)C5)ccc4C3)sc2n1. The van der Waals surface area contributed by atoms with Gasteiger partial charge < -0.3 is 31.2 Å². The van der Waals surface area contributed by atoms with E-state index in [9.17, 15) is 4.79 Å². The Morgan fingerprint density at radius 1 is 1.29 bits per heavy atom. The quantitative estimate of drug-likeness (QED) is 0.514. The summed E-state index contributed by atoms with van der Waals surface area (Å²) in [5.74, 6) is 0.689. The highest BCUT2D eigenvalue weighted by atomic mass is 32.1. The Balaban J connectivity index is 1.14. The molecule has 1 amide bonds. The second kappa shape index (κ2) is 8.65. The number of nitrogens with two attached hydrogens (primary N) is 2. The Kier molecular flexibility index (Phi) is 5.58. The zero-order valence-electron chi connectivity index (χ0n) is 19.9. The highest BCUT2D eigenvalue weighted by Gasteiger charge is 2.47. The summed E-state index contributed by atoms with van der Waals surface area (Å²) in [6.07, 6.45) is 4.01. The lowest BCUT2D eigenvalue weighted by Gasteiger charge is -2.36. The van der Waals surface area contributed by atoms with Gasteiger partial charge in [0.2, 0.25) is 0 Å². The maximum atomic E-state index is 13.0. The first-order valence-corrected chi connectivity index (χ1v) is 13.1. The van der Waals surface area contributed by atoms with E-state index >= 15 is 0 Å². The highest BCUT2D eigenvalue weighted by molar-refractivity contribution is 7.21. The third kappa shape index (κ3) is 4.01. The Bertz CT molecular complexity index is 1290. The highest BCUT2D eigenvalue weighted by Crippen LogP contribution is 2.38. The number of amides is 1. The molecule has 1 spiro atoms. The minimum Gasteiger partial charge on any atom is -0.491 e. The summed E-state index contributed by atoms with van der Waals surface area (Å²) in [6.45, 7) is 4.73. The van der Waals surface area contributed by atoms with Gasteiger partial charge in [0.25, 0.3) is 5.91 Å². The van der Waals surface area contributed by atoms with Crippen molar-refractivity contribution in [3.63, 3.8) is 0 Å². The summed E-state index contributed by atoms with van der Waals surface area (Å²) in [5.41, 5.74) is 16.1. The van der Waals surface area contributed by atoms with E-state index < -0.39 is 0 Å². The van der Waals surface area contributed by atoms with Crippen molar-refractivity contribution in [2.75, 3.05) is 36.9 Å². The number of carbonyl (C=O) groups is 1. The number of anilines is 2. The molecular weight excluding hydrogens is 462 g/mol. The summed E-state index contributed by atoms with van der Waals surface area (Å²) < 4.78 is 12.3. The van der Waals surface area contributed by atoms with Crippen LogP contribution < -0.4 is 26.4 Å². The molecule has 2 aromatic heterocycles. The van der Waals surface area contributed by atoms with Gasteiger partial charge in [-0.25, -0.2) is 4.98 Å². The molecule has 0 unspecified atom stereocenters. The largest absolute Gasteiger partial charge is 0.491 e. The molecule has 6 rings (SSSR count). The third-order valence-corrected chi connectivity index (χ3v) is 8.65. The molecule has 3 aliphatic rings. The maximum Gasteiger partial charge on any atom is 0.263 e. The second-order valence-corrected chi connectivity index (χ2v) is 11.0. The molecular formula is C26H31N5O3S. The Morgan fingerprint density at radius 2 is 2.17 bits per heavy atom. The van der Waals surface area contributed by atoms with Gasteiger partial charge in [-0.1, -0.05) is 6.07 Å². The number of pyridine rings is 1. The number of thiophene rings is 1. The van der Waals surface area contributed by atoms with E-state index in [-0.39, 0.29) is 23.6 Å². The number of fused-ring (bicyclic) bond motifs is 2. The second-order valence-electron chi connectivity index (χ2n) is 9.99. The van der Waals surface area contributed by atoms with Gasteiger partial charge in [-0.05, 0) is 56.4 Å². The summed E-state index contributed by atoms with van der Waals surface area (Å²) in [5, 5.41) is 3.93. The normalized spacial score (nSPS) is 26.1. The van der Waals surface area contributed by atoms with Crippen molar-refractivity contribution in [1.29, 1.82) is 0 Å². The number of carbonyl (C=O) groups excluding carboxylic acids is 1. The molecule has 0 saturated carbocycles. The fourth-order valence-electron chi connectivity index (χ4n) is 5.56. The van der Waals surface area contributed by atoms with Crippen molar-refractivity contribution >= 4 is 38.8 Å². The summed E-state index contributed by atoms with van der Waals surface area (Å²) in [7, 11) is 0. The van der Waals surface area contributed by atoms with Crippen molar-refractivity contribution in [2.24, 2.45) is 5.73 Å². The van der Waals surface area contributed by atoms with Crippen molar-refractivity contribution < 1.29 is 14.3 Å². The standard InChI is InChI=1S/C26H31N5O3S/c1-15-4-7-19-22(28)23(35-25(19)29-15)24(32)30-17-10-16-5-6-18(11-20(16)33-13-17)31-12-21(27)26(14-31)8-2-3-9-34-26/h4-7,11,17,21H,2-3,8-10,12-14,27-28H2,1H3,(H,30,32)/t17-,21-,26+/m1/s1. The van der Waals surface area contributed by atoms with Crippen LogP contribution in [0.2, 0.25) is 0 Å². The molecule has 2 saturated heterocycles. The summed E-state index contributed by atoms with van der Waals surface area (Å²) in [4.78, 5) is 21.1. The molecule has 0 bridgehead atoms. The van der Waals surface area contributed by atoms with Gasteiger partial charge >= 0.3 is 0 Å². The molecule has 8 nitrogen and oxygen atoms in total. The average Bonchev–Trinajstić information content (AvgIpc) is 3.35. The van der Waals surface area contributed by atoms with E-state index in [1.54, 1.807) is 0 Å². The molecule has 35 heavy (non-hydrogen) atoms. The van der Waals surface area contributed by atoms with Gasteiger partial charge in [-0.2, -0.15) is 0 Å². The predicted molar refractivity (Wildman–Crippen MR) is 138 cm³/mol. The van der Waals surface area contributed by atoms with Crippen LogP contribution in [0.15, 0.2) is 30.3 Å². The number of rotatable bonds is 3. The minimum absolute atomic E-state index is 0.0137.